The molecule has 0 saturated heterocycles. The molecule has 1 aromatic rings. The largest absolute Gasteiger partial charge is 0.466 e. The average molecular weight is 393 g/mol. The highest BCUT2D eigenvalue weighted by molar-refractivity contribution is 6.35. The Morgan fingerprint density at radius 2 is 1.76 bits per heavy atom. The Balaban J connectivity index is 2.76. The van der Waals surface area contributed by atoms with E-state index in [-0.39, 0.29) is 41.2 Å². The summed E-state index contributed by atoms with van der Waals surface area (Å²) in [5.41, 5.74) is 5.76. The van der Waals surface area contributed by atoms with E-state index in [4.69, 9.17) is 32.7 Å². The van der Waals surface area contributed by atoms with Crippen molar-refractivity contribution in [1.29, 1.82) is 0 Å². The minimum Gasteiger partial charge on any atom is -0.466 e. The molecule has 0 radical (unpaired) electrons. The van der Waals surface area contributed by atoms with Crippen molar-refractivity contribution >= 4 is 40.8 Å². The summed E-state index contributed by atoms with van der Waals surface area (Å²) in [6.45, 7) is 3.85. The van der Waals surface area contributed by atoms with Crippen LogP contribution in [0.2, 0.25) is 10.0 Å². The second kappa shape index (κ2) is 10.8. The first-order chi connectivity index (χ1) is 11.9. The number of carbonyl (C=O) groups is 2. The lowest BCUT2D eigenvalue weighted by Crippen LogP contribution is -2.27. The zero-order valence-electron chi connectivity index (χ0n) is 13.8. The summed E-state index contributed by atoms with van der Waals surface area (Å²) in [5.74, 6) is -1.71. The molecule has 0 fully saturated rings. The third kappa shape index (κ3) is 7.19. The van der Waals surface area contributed by atoms with Crippen LogP contribution in [-0.4, -0.2) is 25.2 Å². The predicted octanol–water partition coefficient (Wildman–Crippen LogP) is 3.84. The van der Waals surface area contributed by atoms with Crippen LogP contribution in [-0.2, 0) is 19.1 Å². The molecule has 1 rings (SSSR count). The van der Waals surface area contributed by atoms with E-state index in [1.165, 1.54) is 18.2 Å². The van der Waals surface area contributed by atoms with Crippen molar-refractivity contribution in [3.8, 4) is 0 Å². The Morgan fingerprint density at radius 3 is 2.32 bits per heavy atom. The molecule has 0 bridgehead atoms. The van der Waals surface area contributed by atoms with Gasteiger partial charge in [0.1, 0.15) is 5.70 Å². The summed E-state index contributed by atoms with van der Waals surface area (Å²) in [7, 11) is 0. The average Bonchev–Trinajstić information content (AvgIpc) is 2.56. The van der Waals surface area contributed by atoms with E-state index in [0.717, 1.165) is 0 Å². The molecule has 0 atom stereocenters. The fourth-order valence-electron chi connectivity index (χ4n) is 1.73. The van der Waals surface area contributed by atoms with Gasteiger partial charge in [-0.05, 0) is 32.4 Å². The van der Waals surface area contributed by atoms with Gasteiger partial charge in [-0.2, -0.15) is 0 Å². The number of allylic oxidation sites excluding steroid dienone is 1. The Kier molecular flexibility index (Phi) is 9.08. The Labute approximate surface area is 155 Å². The summed E-state index contributed by atoms with van der Waals surface area (Å²) in [4.78, 5) is 23.3. The molecule has 138 valence electrons. The van der Waals surface area contributed by atoms with Gasteiger partial charge in [-0.1, -0.05) is 29.3 Å². The van der Waals surface area contributed by atoms with E-state index in [1.54, 1.807) is 13.8 Å². The first kappa shape index (κ1) is 21.1. The molecule has 2 N–H and O–H groups in total. The van der Waals surface area contributed by atoms with Crippen LogP contribution in [0.25, 0.3) is 0 Å². The molecule has 0 saturated carbocycles. The minimum atomic E-state index is -0.732. The van der Waals surface area contributed by atoms with Crippen molar-refractivity contribution in [3.63, 3.8) is 0 Å². The number of halogens is 3. The molecule has 0 aromatic heterocycles. The molecule has 0 aliphatic rings. The number of ether oxygens (including phenoxy) is 2. The first-order valence-electron chi connectivity index (χ1n) is 7.58. The van der Waals surface area contributed by atoms with Crippen LogP contribution in [0.1, 0.15) is 26.7 Å². The summed E-state index contributed by atoms with van der Waals surface area (Å²) >= 11 is 11.4. The predicted molar refractivity (Wildman–Crippen MR) is 93.8 cm³/mol. The molecule has 0 unspecified atom stereocenters. The maximum absolute atomic E-state index is 13.4. The lowest BCUT2D eigenvalue weighted by molar-refractivity contribution is -0.143. The molecule has 1 aromatic carbocycles. The highest BCUT2D eigenvalue weighted by Crippen LogP contribution is 2.27. The van der Waals surface area contributed by atoms with Crippen LogP contribution in [0.15, 0.2) is 23.9 Å². The van der Waals surface area contributed by atoms with E-state index in [2.05, 4.69) is 10.9 Å². The number of hydrazine groups is 1. The second-order valence-corrected chi connectivity index (χ2v) is 5.50. The molecule has 0 aliphatic carbocycles. The quantitative estimate of drug-likeness (QED) is 0.287. The van der Waals surface area contributed by atoms with Crippen LogP contribution in [0, 0.1) is 5.82 Å². The van der Waals surface area contributed by atoms with Crippen LogP contribution in [0.4, 0.5) is 10.1 Å². The van der Waals surface area contributed by atoms with Gasteiger partial charge in [-0.25, -0.2) is 9.18 Å². The third-order valence-electron chi connectivity index (χ3n) is 2.82. The maximum Gasteiger partial charge on any atom is 0.355 e. The highest BCUT2D eigenvalue weighted by Gasteiger charge is 2.12. The Morgan fingerprint density at radius 1 is 1.16 bits per heavy atom. The molecule has 0 aliphatic heterocycles. The molecular formula is C16H19Cl2FN2O4. The monoisotopic (exact) mass is 392 g/mol. The molecular weight excluding hydrogens is 374 g/mol. The number of hydrogen-bond acceptors (Lipinski definition) is 6. The number of benzene rings is 1. The van der Waals surface area contributed by atoms with Crippen molar-refractivity contribution in [2.24, 2.45) is 0 Å². The van der Waals surface area contributed by atoms with Crippen molar-refractivity contribution in [1.82, 2.24) is 5.43 Å². The van der Waals surface area contributed by atoms with E-state index >= 15 is 0 Å². The SMILES string of the molecule is CCOC(=O)CC/C=C(/NNc1cc(Cl)c(F)c(Cl)c1)C(=O)OCC. The summed E-state index contributed by atoms with van der Waals surface area (Å²) in [6, 6.07) is 2.61. The van der Waals surface area contributed by atoms with E-state index < -0.39 is 11.8 Å². The van der Waals surface area contributed by atoms with Crippen molar-refractivity contribution in [2.75, 3.05) is 18.6 Å². The Bertz CT molecular complexity index is 630. The van der Waals surface area contributed by atoms with Crippen LogP contribution in [0.5, 0.6) is 0 Å². The van der Waals surface area contributed by atoms with E-state index in [1.807, 2.05) is 0 Å². The maximum atomic E-state index is 13.4. The fraction of sp³-hybridized carbons (Fsp3) is 0.375. The summed E-state index contributed by atoms with van der Waals surface area (Å²) < 4.78 is 23.1. The van der Waals surface area contributed by atoms with Crippen LogP contribution in [0.3, 0.4) is 0 Å². The summed E-state index contributed by atoms with van der Waals surface area (Å²) in [6.07, 6.45) is 1.88. The summed E-state index contributed by atoms with van der Waals surface area (Å²) in [5, 5.41) is -0.332. The van der Waals surface area contributed by atoms with Gasteiger partial charge in [0.25, 0.3) is 0 Å². The van der Waals surface area contributed by atoms with Crippen molar-refractivity contribution < 1.29 is 23.5 Å². The van der Waals surface area contributed by atoms with E-state index in [0.29, 0.717) is 12.3 Å². The lowest BCUT2D eigenvalue weighted by Gasteiger charge is -2.13. The van der Waals surface area contributed by atoms with Crippen LogP contribution < -0.4 is 10.9 Å². The molecule has 9 heteroatoms. The normalized spacial score (nSPS) is 11.0. The number of hydrogen-bond donors (Lipinski definition) is 2. The molecule has 0 amide bonds. The number of carbonyl (C=O) groups excluding carboxylic acids is 2. The first-order valence-corrected chi connectivity index (χ1v) is 8.34. The van der Waals surface area contributed by atoms with Gasteiger partial charge < -0.3 is 14.9 Å². The third-order valence-corrected chi connectivity index (χ3v) is 3.37. The van der Waals surface area contributed by atoms with Gasteiger partial charge in [0.2, 0.25) is 0 Å². The van der Waals surface area contributed by atoms with Gasteiger partial charge in [-0.15, -0.1) is 0 Å². The number of nitrogens with one attached hydrogen (secondary N) is 2. The topological polar surface area (TPSA) is 76.7 Å². The lowest BCUT2D eigenvalue weighted by atomic mass is 10.2. The smallest absolute Gasteiger partial charge is 0.355 e. The van der Waals surface area contributed by atoms with E-state index in [9.17, 15) is 14.0 Å². The van der Waals surface area contributed by atoms with Crippen molar-refractivity contribution in [2.45, 2.75) is 26.7 Å². The standard InChI is InChI=1S/C16H19Cl2FN2O4/c1-3-24-14(22)7-5-6-13(16(23)25-4-2)21-20-10-8-11(17)15(19)12(18)9-10/h6,8-9,20-21H,3-5,7H2,1-2H3/b13-6+. The van der Waals surface area contributed by atoms with Gasteiger partial charge in [0, 0.05) is 6.42 Å². The molecule has 0 spiro atoms. The minimum absolute atomic E-state index is 0.0859. The number of rotatable bonds is 9. The van der Waals surface area contributed by atoms with Gasteiger partial charge >= 0.3 is 11.9 Å². The van der Waals surface area contributed by atoms with Crippen LogP contribution >= 0.6 is 23.2 Å². The number of esters is 2. The number of anilines is 1. The highest BCUT2D eigenvalue weighted by atomic mass is 35.5. The fourth-order valence-corrected chi connectivity index (χ4v) is 2.22. The second-order valence-electron chi connectivity index (χ2n) is 4.69. The molecule has 0 heterocycles. The molecule has 25 heavy (non-hydrogen) atoms. The van der Waals surface area contributed by atoms with Gasteiger partial charge in [-0.3, -0.25) is 10.2 Å². The zero-order chi connectivity index (χ0) is 18.8. The van der Waals surface area contributed by atoms with Gasteiger partial charge in [0.05, 0.1) is 28.9 Å². The Hall–Kier alpha value is -1.99. The van der Waals surface area contributed by atoms with Crippen molar-refractivity contribution in [3.05, 3.63) is 39.8 Å². The zero-order valence-corrected chi connectivity index (χ0v) is 15.3. The van der Waals surface area contributed by atoms with Gasteiger partial charge in [0.15, 0.2) is 5.82 Å². The molecule has 6 nitrogen and oxygen atoms in total.